The molecule has 2 unspecified atom stereocenters. The third kappa shape index (κ3) is 3.70. The maximum absolute atomic E-state index is 3.85. The molecule has 0 spiro atoms. The minimum atomic E-state index is 0.366. The van der Waals surface area contributed by atoms with E-state index in [9.17, 15) is 0 Å². The standard InChI is InChI=1S/C18H21Br/c1-3-7-15-10-12-17(13-11-15)18(19)14(2)16-8-5-4-6-9-16/h4-6,8-14,18H,3,7H2,1-2H3. The van der Waals surface area contributed by atoms with Crippen molar-refractivity contribution >= 4 is 15.9 Å². The molecule has 100 valence electrons. The van der Waals surface area contributed by atoms with Crippen LogP contribution in [-0.4, -0.2) is 0 Å². The summed E-state index contributed by atoms with van der Waals surface area (Å²) in [6.45, 7) is 4.49. The van der Waals surface area contributed by atoms with Crippen molar-refractivity contribution in [3.63, 3.8) is 0 Å². The zero-order valence-electron chi connectivity index (χ0n) is 11.6. The van der Waals surface area contributed by atoms with Crippen LogP contribution in [-0.2, 0) is 6.42 Å². The molecule has 0 aliphatic carbocycles. The lowest BCUT2D eigenvalue weighted by Crippen LogP contribution is -2.02. The van der Waals surface area contributed by atoms with Crippen molar-refractivity contribution in [2.45, 2.75) is 37.4 Å². The van der Waals surface area contributed by atoms with Crippen molar-refractivity contribution in [2.75, 3.05) is 0 Å². The van der Waals surface area contributed by atoms with Crippen LogP contribution in [0.15, 0.2) is 54.6 Å². The van der Waals surface area contributed by atoms with Gasteiger partial charge in [0.1, 0.15) is 0 Å². The third-order valence-corrected chi connectivity index (χ3v) is 4.92. The highest BCUT2D eigenvalue weighted by Gasteiger charge is 2.17. The first-order chi connectivity index (χ1) is 9.22. The first kappa shape index (κ1) is 14.3. The minimum Gasteiger partial charge on any atom is -0.0832 e. The van der Waals surface area contributed by atoms with Gasteiger partial charge in [0.2, 0.25) is 0 Å². The fourth-order valence-electron chi connectivity index (χ4n) is 2.37. The average molecular weight is 317 g/mol. The molecule has 1 heteroatoms. The number of aryl methyl sites for hydroxylation is 1. The zero-order valence-corrected chi connectivity index (χ0v) is 13.2. The Bertz CT molecular complexity index is 487. The van der Waals surface area contributed by atoms with Gasteiger partial charge in [0.25, 0.3) is 0 Å². The van der Waals surface area contributed by atoms with Crippen LogP contribution in [0.4, 0.5) is 0 Å². The lowest BCUT2D eigenvalue weighted by Gasteiger charge is -2.19. The summed E-state index contributed by atoms with van der Waals surface area (Å²) in [5.74, 6) is 0.471. The van der Waals surface area contributed by atoms with E-state index >= 15 is 0 Å². The molecule has 0 aromatic heterocycles. The highest BCUT2D eigenvalue weighted by atomic mass is 79.9. The van der Waals surface area contributed by atoms with Crippen LogP contribution in [0.3, 0.4) is 0 Å². The molecule has 0 aliphatic rings. The topological polar surface area (TPSA) is 0 Å². The van der Waals surface area contributed by atoms with Gasteiger partial charge in [-0.05, 0) is 29.0 Å². The Morgan fingerprint density at radius 3 is 2.11 bits per heavy atom. The van der Waals surface area contributed by atoms with Gasteiger partial charge in [0, 0.05) is 4.83 Å². The first-order valence-electron chi connectivity index (χ1n) is 7.00. The van der Waals surface area contributed by atoms with E-state index in [0.29, 0.717) is 10.7 Å². The summed E-state index contributed by atoms with van der Waals surface area (Å²) >= 11 is 3.85. The zero-order chi connectivity index (χ0) is 13.7. The van der Waals surface area contributed by atoms with Crippen molar-refractivity contribution in [3.05, 3.63) is 71.3 Å². The van der Waals surface area contributed by atoms with E-state index in [1.54, 1.807) is 0 Å². The number of benzene rings is 2. The van der Waals surface area contributed by atoms with E-state index in [1.165, 1.54) is 29.5 Å². The van der Waals surface area contributed by atoms with Crippen LogP contribution in [0.1, 0.15) is 47.7 Å². The molecular weight excluding hydrogens is 296 g/mol. The second-order valence-electron chi connectivity index (χ2n) is 5.09. The second kappa shape index (κ2) is 6.91. The lowest BCUT2D eigenvalue weighted by atomic mass is 9.93. The molecule has 0 radical (unpaired) electrons. The third-order valence-electron chi connectivity index (χ3n) is 3.60. The van der Waals surface area contributed by atoms with Crippen LogP contribution in [0, 0.1) is 0 Å². The van der Waals surface area contributed by atoms with Crippen LogP contribution in [0.25, 0.3) is 0 Å². The smallest absolute Gasteiger partial charge is 0.0461 e. The molecule has 19 heavy (non-hydrogen) atoms. The van der Waals surface area contributed by atoms with Crippen LogP contribution >= 0.6 is 15.9 Å². The molecule has 2 rings (SSSR count). The summed E-state index contributed by atoms with van der Waals surface area (Å²) in [5, 5.41) is 0. The minimum absolute atomic E-state index is 0.366. The lowest BCUT2D eigenvalue weighted by molar-refractivity contribution is 0.751. The van der Waals surface area contributed by atoms with Gasteiger partial charge in [-0.2, -0.15) is 0 Å². The molecule has 0 fully saturated rings. The van der Waals surface area contributed by atoms with Gasteiger partial charge in [-0.3, -0.25) is 0 Å². The normalized spacial score (nSPS) is 14.1. The quantitative estimate of drug-likeness (QED) is 0.604. The number of halogens is 1. The Balaban J connectivity index is 2.12. The van der Waals surface area contributed by atoms with Crippen molar-refractivity contribution in [1.29, 1.82) is 0 Å². The predicted molar refractivity (Wildman–Crippen MR) is 87.0 cm³/mol. The summed E-state index contributed by atoms with van der Waals surface area (Å²) in [4.78, 5) is 0.366. The fourth-order valence-corrected chi connectivity index (χ4v) is 2.98. The molecule has 0 saturated carbocycles. The summed E-state index contributed by atoms with van der Waals surface area (Å²) in [5.41, 5.74) is 4.16. The Morgan fingerprint density at radius 1 is 0.895 bits per heavy atom. The van der Waals surface area contributed by atoms with Crippen molar-refractivity contribution < 1.29 is 0 Å². The molecule has 0 saturated heterocycles. The van der Waals surface area contributed by atoms with E-state index in [2.05, 4.69) is 84.4 Å². The SMILES string of the molecule is CCCc1ccc(C(Br)C(C)c2ccccc2)cc1. The molecule has 0 nitrogen and oxygen atoms in total. The highest BCUT2D eigenvalue weighted by Crippen LogP contribution is 2.37. The van der Waals surface area contributed by atoms with E-state index in [-0.39, 0.29) is 0 Å². The van der Waals surface area contributed by atoms with E-state index < -0.39 is 0 Å². The van der Waals surface area contributed by atoms with Gasteiger partial charge in [-0.25, -0.2) is 0 Å². The maximum Gasteiger partial charge on any atom is 0.0461 e. The maximum atomic E-state index is 3.85. The Kier molecular flexibility index (Phi) is 5.21. The summed E-state index contributed by atoms with van der Waals surface area (Å²) in [6.07, 6.45) is 2.37. The monoisotopic (exact) mass is 316 g/mol. The van der Waals surface area contributed by atoms with E-state index in [0.717, 1.165) is 0 Å². The van der Waals surface area contributed by atoms with Crippen molar-refractivity contribution in [3.8, 4) is 0 Å². The Morgan fingerprint density at radius 2 is 1.53 bits per heavy atom. The number of hydrogen-bond acceptors (Lipinski definition) is 0. The number of alkyl halides is 1. The van der Waals surface area contributed by atoms with Crippen LogP contribution in [0.2, 0.25) is 0 Å². The molecule has 2 aromatic rings. The summed E-state index contributed by atoms with van der Waals surface area (Å²) in [7, 11) is 0. The summed E-state index contributed by atoms with van der Waals surface area (Å²) < 4.78 is 0. The van der Waals surface area contributed by atoms with Gasteiger partial charge in [-0.1, -0.05) is 90.8 Å². The van der Waals surface area contributed by atoms with Gasteiger partial charge in [-0.15, -0.1) is 0 Å². The number of rotatable bonds is 5. The molecule has 2 aromatic carbocycles. The molecule has 0 bridgehead atoms. The second-order valence-corrected chi connectivity index (χ2v) is 6.08. The molecule has 0 heterocycles. The molecule has 0 aliphatic heterocycles. The fraction of sp³-hybridized carbons (Fsp3) is 0.333. The largest absolute Gasteiger partial charge is 0.0832 e. The van der Waals surface area contributed by atoms with Gasteiger partial charge < -0.3 is 0 Å². The highest BCUT2D eigenvalue weighted by molar-refractivity contribution is 9.09. The first-order valence-corrected chi connectivity index (χ1v) is 7.91. The summed E-state index contributed by atoms with van der Waals surface area (Å²) in [6, 6.07) is 19.7. The number of hydrogen-bond donors (Lipinski definition) is 0. The van der Waals surface area contributed by atoms with Gasteiger partial charge in [0.05, 0.1) is 0 Å². The van der Waals surface area contributed by atoms with Crippen molar-refractivity contribution in [1.82, 2.24) is 0 Å². The van der Waals surface area contributed by atoms with Crippen LogP contribution in [0.5, 0.6) is 0 Å². The Hall–Kier alpha value is -1.08. The van der Waals surface area contributed by atoms with E-state index in [4.69, 9.17) is 0 Å². The molecule has 2 atom stereocenters. The van der Waals surface area contributed by atoms with Gasteiger partial charge in [0.15, 0.2) is 0 Å². The predicted octanol–water partition coefficient (Wildman–Crippen LogP) is 5.88. The van der Waals surface area contributed by atoms with E-state index in [1.807, 2.05) is 0 Å². The molecule has 0 amide bonds. The average Bonchev–Trinajstić information content (AvgIpc) is 2.48. The Labute approximate surface area is 125 Å². The van der Waals surface area contributed by atoms with Crippen molar-refractivity contribution in [2.24, 2.45) is 0 Å². The van der Waals surface area contributed by atoms with Crippen LogP contribution < -0.4 is 0 Å². The molecule has 0 N–H and O–H groups in total. The molecular formula is C18H21Br. The van der Waals surface area contributed by atoms with Gasteiger partial charge >= 0.3 is 0 Å².